The van der Waals surface area contributed by atoms with Gasteiger partial charge in [-0.3, -0.25) is 0 Å². The molecule has 0 saturated carbocycles. The summed E-state index contributed by atoms with van der Waals surface area (Å²) in [7, 11) is 0. The van der Waals surface area contributed by atoms with Crippen LogP contribution in [-0.2, 0) is 0 Å². The molecule has 6 N–H and O–H groups in total. The molecule has 0 saturated heterocycles. The quantitative estimate of drug-likeness (QED) is 0.0290. The minimum Gasteiger partial charge on any atom is -0.508 e. The Morgan fingerprint density at radius 1 is 0.323 bits per heavy atom. The third-order valence-corrected chi connectivity index (χ3v) is 13.7. The fraction of sp³-hybridized carbons (Fsp3) is 0.458. The Morgan fingerprint density at radius 3 is 1.02 bits per heavy atom. The number of H-pyrrole nitrogens is 4. The SMILES string of the molecule is CCCCCCCCCCCCCCC1=c2ccc([nH]2)=C(CCCCCCCCCCCCC)c2ccc([nH]2)C(c2cccc(O)c2)=c2ccc([nH]2)=C(c2cccc(O)c2)c2ccc1[nH]2. The average Bonchev–Trinajstić information content (AvgIpc) is 4.16. The van der Waals surface area contributed by atoms with Crippen LogP contribution in [0, 0.1) is 0 Å². The Kier molecular flexibility index (Phi) is 18.6. The van der Waals surface area contributed by atoms with Crippen molar-refractivity contribution in [2.75, 3.05) is 0 Å². The number of aromatic amines is 4. The van der Waals surface area contributed by atoms with Crippen molar-refractivity contribution >= 4 is 22.3 Å². The summed E-state index contributed by atoms with van der Waals surface area (Å²) in [6.45, 7) is 4.59. The zero-order valence-corrected chi connectivity index (χ0v) is 39.8. The fourth-order valence-electron chi connectivity index (χ4n) is 10.0. The number of phenolic OH excluding ortho intramolecular Hbond substituents is 2. The second kappa shape index (κ2) is 25.4. The summed E-state index contributed by atoms with van der Waals surface area (Å²) in [5.74, 6) is 0.454. The molecule has 6 nitrogen and oxygen atoms in total. The molecule has 0 amide bonds. The molecule has 4 aromatic heterocycles. The number of fused-ring (bicyclic) bond motifs is 8. The van der Waals surface area contributed by atoms with Gasteiger partial charge >= 0.3 is 0 Å². The van der Waals surface area contributed by atoms with Crippen LogP contribution < -0.4 is 21.4 Å². The predicted octanol–water partition coefficient (Wildman–Crippen LogP) is 13.4. The third kappa shape index (κ3) is 13.6. The Morgan fingerprint density at radius 2 is 0.646 bits per heavy atom. The van der Waals surface area contributed by atoms with Gasteiger partial charge in [-0.2, -0.15) is 0 Å². The number of aromatic nitrogens is 4. The van der Waals surface area contributed by atoms with Gasteiger partial charge in [0.15, 0.2) is 0 Å². The van der Waals surface area contributed by atoms with Gasteiger partial charge in [0.25, 0.3) is 0 Å². The zero-order chi connectivity index (χ0) is 45.1. The summed E-state index contributed by atoms with van der Waals surface area (Å²) in [6, 6.07) is 32.8. The van der Waals surface area contributed by atoms with E-state index in [4.69, 9.17) is 0 Å². The number of hydrogen-bond acceptors (Lipinski definition) is 2. The largest absolute Gasteiger partial charge is 0.508 e. The van der Waals surface area contributed by atoms with Crippen LogP contribution in [0.25, 0.3) is 22.3 Å². The van der Waals surface area contributed by atoms with Crippen molar-refractivity contribution in [2.45, 2.75) is 174 Å². The van der Waals surface area contributed by atoms with Crippen molar-refractivity contribution < 1.29 is 10.2 Å². The molecule has 1 aliphatic heterocycles. The van der Waals surface area contributed by atoms with Crippen molar-refractivity contribution in [3.63, 3.8) is 0 Å². The summed E-state index contributed by atoms with van der Waals surface area (Å²) in [4.78, 5) is 15.6. The average molecular weight is 875 g/mol. The topological polar surface area (TPSA) is 104 Å². The maximum atomic E-state index is 10.7. The van der Waals surface area contributed by atoms with Crippen LogP contribution in [0.2, 0.25) is 0 Å². The summed E-state index contributed by atoms with van der Waals surface area (Å²) in [6.07, 6.45) is 32.5. The standard InChI is InChI=1S/C59H78N4O2/c1-3-5-7-9-11-13-15-17-19-21-23-25-33-49-51-35-34-50(60-51)48(32-24-22-20-18-16-14-12-10-8-6-4-2)52-36-38-54(61-52)58(44-28-26-30-46(64)42-44)56-40-41-57(63-56)59(55-39-37-53(49)62-55)45-29-27-31-47(65)43-45/h26-31,34-43,60-65H,3-25,32-33H2,1-2H3. The first-order valence-corrected chi connectivity index (χ1v) is 25.9. The van der Waals surface area contributed by atoms with Crippen molar-refractivity contribution in [3.05, 3.63) is 152 Å². The molecular weight excluding hydrogens is 797 g/mol. The number of aromatic hydroxyl groups is 2. The minimum absolute atomic E-state index is 0.227. The molecule has 0 aliphatic carbocycles. The molecule has 346 valence electrons. The summed E-state index contributed by atoms with van der Waals surface area (Å²) in [5.41, 5.74) is 10.6. The van der Waals surface area contributed by atoms with Crippen molar-refractivity contribution in [1.82, 2.24) is 19.9 Å². The number of rotatable bonds is 27. The van der Waals surface area contributed by atoms with Gasteiger partial charge in [-0.15, -0.1) is 0 Å². The molecule has 6 heteroatoms. The van der Waals surface area contributed by atoms with E-state index in [9.17, 15) is 10.2 Å². The second-order valence-corrected chi connectivity index (χ2v) is 18.9. The Bertz CT molecular complexity index is 2610. The van der Waals surface area contributed by atoms with Crippen molar-refractivity contribution in [3.8, 4) is 11.5 Å². The lowest BCUT2D eigenvalue weighted by atomic mass is 10.0. The maximum Gasteiger partial charge on any atom is 0.116 e. The number of phenols is 2. The van der Waals surface area contributed by atoms with E-state index in [-0.39, 0.29) is 11.5 Å². The van der Waals surface area contributed by atoms with Crippen LogP contribution in [0.4, 0.5) is 0 Å². The fourth-order valence-corrected chi connectivity index (χ4v) is 10.0. The van der Waals surface area contributed by atoms with E-state index in [2.05, 4.69) is 94.4 Å². The van der Waals surface area contributed by atoms with Gasteiger partial charge in [0.05, 0.1) is 0 Å². The highest BCUT2D eigenvalue weighted by atomic mass is 16.3. The highest BCUT2D eigenvalue weighted by Crippen LogP contribution is 2.29. The lowest BCUT2D eigenvalue weighted by Gasteiger charge is -2.10. The van der Waals surface area contributed by atoms with Crippen LogP contribution >= 0.6 is 0 Å². The Balaban J connectivity index is 1.23. The first kappa shape index (κ1) is 47.6. The maximum absolute atomic E-state index is 10.7. The Labute approximate surface area is 389 Å². The van der Waals surface area contributed by atoms with E-state index in [1.165, 1.54) is 157 Å². The van der Waals surface area contributed by atoms with E-state index < -0.39 is 0 Å². The van der Waals surface area contributed by atoms with Gasteiger partial charge in [-0.1, -0.05) is 173 Å². The lowest BCUT2D eigenvalue weighted by molar-refractivity contribution is 0.474. The van der Waals surface area contributed by atoms with Gasteiger partial charge < -0.3 is 30.1 Å². The monoisotopic (exact) mass is 875 g/mol. The van der Waals surface area contributed by atoms with Crippen molar-refractivity contribution in [2.24, 2.45) is 0 Å². The molecule has 6 aromatic rings. The molecule has 2 aromatic carbocycles. The third-order valence-electron chi connectivity index (χ3n) is 13.7. The lowest BCUT2D eigenvalue weighted by Crippen LogP contribution is -2.18. The van der Waals surface area contributed by atoms with Gasteiger partial charge in [0.1, 0.15) is 11.5 Å². The van der Waals surface area contributed by atoms with Crippen LogP contribution in [0.15, 0.2) is 97.1 Å². The van der Waals surface area contributed by atoms with Gasteiger partial charge in [-0.25, -0.2) is 0 Å². The number of benzene rings is 2. The molecule has 1 aliphatic rings. The smallest absolute Gasteiger partial charge is 0.116 e. The molecule has 7 rings (SSSR count). The van der Waals surface area contributed by atoms with Crippen LogP contribution in [-0.4, -0.2) is 30.1 Å². The number of nitrogens with one attached hydrogen (secondary N) is 4. The van der Waals surface area contributed by atoms with Gasteiger partial charge in [-0.05, 0) is 121 Å². The van der Waals surface area contributed by atoms with E-state index >= 15 is 0 Å². The van der Waals surface area contributed by atoms with Gasteiger partial charge in [0.2, 0.25) is 0 Å². The highest BCUT2D eigenvalue weighted by molar-refractivity contribution is 5.81. The molecule has 0 radical (unpaired) electrons. The molecule has 5 heterocycles. The second-order valence-electron chi connectivity index (χ2n) is 18.9. The molecule has 0 atom stereocenters. The van der Waals surface area contributed by atoms with Crippen LogP contribution in [0.5, 0.6) is 11.5 Å². The first-order chi connectivity index (χ1) is 32.0. The molecule has 8 bridgehead atoms. The Hall–Kier alpha value is -5.36. The van der Waals surface area contributed by atoms with E-state index in [1.807, 2.05) is 24.3 Å². The summed E-state index contributed by atoms with van der Waals surface area (Å²) < 4.78 is 0. The molecule has 65 heavy (non-hydrogen) atoms. The minimum atomic E-state index is 0.227. The van der Waals surface area contributed by atoms with Crippen molar-refractivity contribution in [1.29, 1.82) is 0 Å². The van der Waals surface area contributed by atoms with E-state index in [1.54, 1.807) is 12.1 Å². The molecule has 0 unspecified atom stereocenters. The predicted molar refractivity (Wildman–Crippen MR) is 273 cm³/mol. The highest BCUT2D eigenvalue weighted by Gasteiger charge is 2.17. The van der Waals surface area contributed by atoms with E-state index in [0.29, 0.717) is 0 Å². The normalized spacial score (nSPS) is 12.8. The number of hydrogen-bond donors (Lipinski definition) is 6. The van der Waals surface area contributed by atoms with Crippen LogP contribution in [0.3, 0.4) is 0 Å². The molecule has 0 fully saturated rings. The van der Waals surface area contributed by atoms with E-state index in [0.717, 1.165) is 81.4 Å². The molecular formula is C59H78N4O2. The van der Waals surface area contributed by atoms with Crippen LogP contribution in [0.1, 0.15) is 208 Å². The number of unbranched alkanes of at least 4 members (excludes halogenated alkanes) is 21. The molecule has 0 spiro atoms. The van der Waals surface area contributed by atoms with Gasteiger partial charge in [0, 0.05) is 55.3 Å². The first-order valence-electron chi connectivity index (χ1n) is 25.9. The summed E-state index contributed by atoms with van der Waals surface area (Å²) >= 11 is 0. The zero-order valence-electron chi connectivity index (χ0n) is 39.8. The summed E-state index contributed by atoms with van der Waals surface area (Å²) in [5, 5.41) is 25.7.